The van der Waals surface area contributed by atoms with Gasteiger partial charge in [-0.2, -0.15) is 0 Å². The van der Waals surface area contributed by atoms with Crippen molar-refractivity contribution in [3.8, 4) is 9.88 Å². The molecule has 0 amide bonds. The molecule has 0 fully saturated rings. The average Bonchev–Trinajstić information content (AvgIpc) is 2.96. The van der Waals surface area contributed by atoms with Crippen LogP contribution in [0.1, 0.15) is 31.0 Å². The van der Waals surface area contributed by atoms with Crippen molar-refractivity contribution in [2.75, 3.05) is 12.4 Å². The van der Waals surface area contributed by atoms with E-state index in [4.69, 9.17) is 4.74 Å². The zero-order valence-electron chi connectivity index (χ0n) is 11.6. The molecule has 0 spiro atoms. The minimum absolute atomic E-state index is 0.405. The van der Waals surface area contributed by atoms with Crippen LogP contribution in [0.3, 0.4) is 0 Å². The summed E-state index contributed by atoms with van der Waals surface area (Å²) in [5.41, 5.74) is 0.941. The molecule has 7 heteroatoms. The molecule has 0 aliphatic heterocycles. The van der Waals surface area contributed by atoms with Gasteiger partial charge in [0, 0.05) is 13.2 Å². The molecule has 0 aliphatic carbocycles. The smallest absolute Gasteiger partial charge is 0.206 e. The first-order valence-corrected chi connectivity index (χ1v) is 7.83. The summed E-state index contributed by atoms with van der Waals surface area (Å²) in [7, 11) is 1.68. The van der Waals surface area contributed by atoms with Gasteiger partial charge in [-0.25, -0.2) is 4.98 Å². The number of nitrogens with zero attached hydrogens (tertiary/aromatic N) is 3. The molecule has 2 aromatic rings. The van der Waals surface area contributed by atoms with Gasteiger partial charge in [-0.3, -0.25) is 0 Å². The molecule has 1 atom stereocenters. The summed E-state index contributed by atoms with van der Waals surface area (Å²) in [6, 6.07) is 0.405. The molecule has 2 aromatic heterocycles. The van der Waals surface area contributed by atoms with Crippen LogP contribution in [0.4, 0.5) is 5.13 Å². The van der Waals surface area contributed by atoms with Gasteiger partial charge in [-0.1, -0.05) is 18.3 Å². The molecule has 0 aromatic carbocycles. The SMILES string of the molecule is CCC(C)Nc1nnc(-c2sc(C)nc2COC)s1. The molecule has 19 heavy (non-hydrogen) atoms. The third kappa shape index (κ3) is 3.49. The Morgan fingerprint density at radius 1 is 1.32 bits per heavy atom. The summed E-state index contributed by atoms with van der Waals surface area (Å²) in [6.45, 7) is 6.77. The molecule has 0 aliphatic rings. The minimum Gasteiger partial charge on any atom is -0.378 e. The van der Waals surface area contributed by atoms with Gasteiger partial charge in [0.25, 0.3) is 0 Å². The van der Waals surface area contributed by atoms with Crippen LogP contribution in [0.25, 0.3) is 9.88 Å². The molecule has 0 bridgehead atoms. The van der Waals surface area contributed by atoms with Crippen LogP contribution in [0.2, 0.25) is 0 Å². The standard InChI is InChI=1S/C12H18N4OS2/c1-5-7(2)13-12-16-15-11(19-12)10-9(6-17-4)14-8(3)18-10/h7H,5-6H2,1-4H3,(H,13,16). The first-order chi connectivity index (χ1) is 9.13. The Morgan fingerprint density at radius 3 is 2.79 bits per heavy atom. The summed E-state index contributed by atoms with van der Waals surface area (Å²) >= 11 is 3.20. The van der Waals surface area contributed by atoms with Gasteiger partial charge >= 0.3 is 0 Å². The number of hydrogen-bond acceptors (Lipinski definition) is 7. The van der Waals surface area contributed by atoms with Gasteiger partial charge in [0.1, 0.15) is 0 Å². The maximum absolute atomic E-state index is 5.18. The quantitative estimate of drug-likeness (QED) is 0.886. The van der Waals surface area contributed by atoms with E-state index in [9.17, 15) is 0 Å². The van der Waals surface area contributed by atoms with E-state index in [1.54, 1.807) is 29.8 Å². The number of anilines is 1. The molecular formula is C12H18N4OS2. The van der Waals surface area contributed by atoms with Gasteiger partial charge in [-0.15, -0.1) is 21.5 Å². The highest BCUT2D eigenvalue weighted by Gasteiger charge is 2.16. The Kier molecular flexibility index (Phi) is 4.84. The zero-order valence-corrected chi connectivity index (χ0v) is 13.2. The van der Waals surface area contributed by atoms with Crippen molar-refractivity contribution >= 4 is 27.8 Å². The second kappa shape index (κ2) is 6.40. The summed E-state index contributed by atoms with van der Waals surface area (Å²) in [6.07, 6.45) is 1.06. The van der Waals surface area contributed by atoms with Crippen molar-refractivity contribution in [3.05, 3.63) is 10.7 Å². The Hall–Kier alpha value is -1.05. The Bertz CT molecular complexity index is 538. The molecule has 0 saturated heterocycles. The van der Waals surface area contributed by atoms with Crippen molar-refractivity contribution in [2.45, 2.75) is 39.8 Å². The fraction of sp³-hybridized carbons (Fsp3) is 0.583. The third-order valence-corrected chi connectivity index (χ3v) is 4.71. The van der Waals surface area contributed by atoms with E-state index in [2.05, 4.69) is 34.3 Å². The van der Waals surface area contributed by atoms with Crippen molar-refractivity contribution < 1.29 is 4.74 Å². The van der Waals surface area contributed by atoms with Crippen LogP contribution < -0.4 is 5.32 Å². The zero-order chi connectivity index (χ0) is 13.8. The Labute approximate surface area is 121 Å². The summed E-state index contributed by atoms with van der Waals surface area (Å²) in [5.74, 6) is 0. The first-order valence-electron chi connectivity index (χ1n) is 6.19. The topological polar surface area (TPSA) is 59.9 Å². The minimum atomic E-state index is 0.405. The molecule has 104 valence electrons. The van der Waals surface area contributed by atoms with Crippen molar-refractivity contribution in [1.82, 2.24) is 15.2 Å². The van der Waals surface area contributed by atoms with Gasteiger partial charge in [0.15, 0.2) is 5.01 Å². The lowest BCUT2D eigenvalue weighted by Gasteiger charge is -2.07. The number of hydrogen-bond donors (Lipinski definition) is 1. The van der Waals surface area contributed by atoms with Gasteiger partial charge in [0.05, 0.1) is 22.2 Å². The lowest BCUT2D eigenvalue weighted by molar-refractivity contribution is 0.182. The predicted octanol–water partition coefficient (Wildman–Crippen LogP) is 3.33. The number of ether oxygens (including phenoxy) is 1. The number of methoxy groups -OCH3 is 1. The predicted molar refractivity (Wildman–Crippen MR) is 79.8 cm³/mol. The van der Waals surface area contributed by atoms with Crippen LogP contribution in [0.5, 0.6) is 0 Å². The fourth-order valence-electron chi connectivity index (χ4n) is 1.56. The maximum atomic E-state index is 5.18. The van der Waals surface area contributed by atoms with E-state index in [0.29, 0.717) is 12.6 Å². The van der Waals surface area contributed by atoms with Crippen molar-refractivity contribution in [2.24, 2.45) is 0 Å². The van der Waals surface area contributed by atoms with Crippen molar-refractivity contribution in [1.29, 1.82) is 0 Å². The number of aryl methyl sites for hydroxylation is 1. The number of aromatic nitrogens is 3. The van der Waals surface area contributed by atoms with Gasteiger partial charge in [0.2, 0.25) is 5.13 Å². The molecule has 5 nitrogen and oxygen atoms in total. The number of thiazole rings is 1. The van der Waals surface area contributed by atoms with E-state index in [1.807, 2.05) is 6.92 Å². The van der Waals surface area contributed by atoms with Crippen LogP contribution in [-0.2, 0) is 11.3 Å². The second-order valence-corrected chi connectivity index (χ2v) is 6.49. The average molecular weight is 298 g/mol. The van der Waals surface area contributed by atoms with E-state index in [0.717, 1.165) is 32.1 Å². The maximum Gasteiger partial charge on any atom is 0.206 e. The Morgan fingerprint density at radius 2 is 2.11 bits per heavy atom. The van der Waals surface area contributed by atoms with Crippen LogP contribution in [-0.4, -0.2) is 28.3 Å². The molecule has 0 saturated carbocycles. The Balaban J connectivity index is 2.22. The largest absolute Gasteiger partial charge is 0.378 e. The van der Waals surface area contributed by atoms with Gasteiger partial charge < -0.3 is 10.1 Å². The molecule has 2 heterocycles. The van der Waals surface area contributed by atoms with Crippen LogP contribution >= 0.6 is 22.7 Å². The molecule has 1 unspecified atom stereocenters. The van der Waals surface area contributed by atoms with E-state index >= 15 is 0 Å². The highest BCUT2D eigenvalue weighted by molar-refractivity contribution is 7.23. The summed E-state index contributed by atoms with van der Waals surface area (Å²) in [4.78, 5) is 5.54. The molecular weight excluding hydrogens is 280 g/mol. The molecule has 0 radical (unpaired) electrons. The van der Waals surface area contributed by atoms with Crippen LogP contribution in [0, 0.1) is 6.92 Å². The second-order valence-electron chi connectivity index (χ2n) is 4.31. The van der Waals surface area contributed by atoms with Crippen molar-refractivity contribution in [3.63, 3.8) is 0 Å². The number of nitrogens with one attached hydrogen (secondary N) is 1. The summed E-state index contributed by atoms with van der Waals surface area (Å²) < 4.78 is 5.18. The number of rotatable bonds is 6. The van der Waals surface area contributed by atoms with E-state index < -0.39 is 0 Å². The summed E-state index contributed by atoms with van der Waals surface area (Å²) in [5, 5.41) is 14.6. The molecule has 2 rings (SSSR count). The van der Waals surface area contributed by atoms with E-state index in [-0.39, 0.29) is 0 Å². The highest BCUT2D eigenvalue weighted by Crippen LogP contribution is 2.34. The van der Waals surface area contributed by atoms with Gasteiger partial charge in [-0.05, 0) is 20.3 Å². The third-order valence-electron chi connectivity index (χ3n) is 2.69. The van der Waals surface area contributed by atoms with E-state index in [1.165, 1.54) is 0 Å². The lowest BCUT2D eigenvalue weighted by atomic mass is 10.3. The highest BCUT2D eigenvalue weighted by atomic mass is 32.1. The molecule has 1 N–H and O–H groups in total. The fourth-order valence-corrected chi connectivity index (χ4v) is 3.43. The van der Waals surface area contributed by atoms with Crippen LogP contribution in [0.15, 0.2) is 0 Å². The normalized spacial score (nSPS) is 12.6. The first kappa shape index (κ1) is 14.4. The monoisotopic (exact) mass is 298 g/mol. The lowest BCUT2D eigenvalue weighted by Crippen LogP contribution is -2.12.